The molecule has 0 unspecified atom stereocenters. The Bertz CT molecular complexity index is 583. The van der Waals surface area contributed by atoms with Crippen LogP contribution in [0.2, 0.25) is 0 Å². The first-order valence-corrected chi connectivity index (χ1v) is 8.70. The number of sulfone groups is 1. The van der Waals surface area contributed by atoms with Gasteiger partial charge in [-0.3, -0.25) is 4.79 Å². The third kappa shape index (κ3) is 5.38. The lowest BCUT2D eigenvalue weighted by Crippen LogP contribution is -2.40. The first-order chi connectivity index (χ1) is 9.79. The highest BCUT2D eigenvalue weighted by atomic mass is 32.2. The van der Waals surface area contributed by atoms with E-state index in [1.165, 1.54) is 4.90 Å². The maximum absolute atomic E-state index is 12.2. The molecule has 118 valence electrons. The average Bonchev–Trinajstić information content (AvgIpc) is 2.46. The van der Waals surface area contributed by atoms with Gasteiger partial charge in [0.15, 0.2) is 9.84 Å². The van der Waals surface area contributed by atoms with Crippen LogP contribution in [0, 0.1) is 0 Å². The molecule has 0 heterocycles. The molecule has 6 heteroatoms. The van der Waals surface area contributed by atoms with Gasteiger partial charge in [0, 0.05) is 18.8 Å². The Hall–Kier alpha value is -1.56. The molecule has 0 N–H and O–H groups in total. The van der Waals surface area contributed by atoms with Crippen LogP contribution in [0.5, 0.6) is 5.75 Å². The maximum Gasteiger partial charge on any atom is 0.227 e. The third-order valence-electron chi connectivity index (χ3n) is 3.48. The van der Waals surface area contributed by atoms with Crippen molar-refractivity contribution >= 4 is 15.7 Å². The molecule has 21 heavy (non-hydrogen) atoms. The van der Waals surface area contributed by atoms with E-state index >= 15 is 0 Å². The fourth-order valence-electron chi connectivity index (χ4n) is 1.92. The molecule has 0 aliphatic carbocycles. The van der Waals surface area contributed by atoms with Gasteiger partial charge in [-0.1, -0.05) is 19.1 Å². The topological polar surface area (TPSA) is 63.7 Å². The third-order valence-corrected chi connectivity index (χ3v) is 5.35. The lowest BCUT2D eigenvalue weighted by molar-refractivity contribution is -0.130. The number of carbonyl (C=O) groups is 1. The zero-order valence-corrected chi connectivity index (χ0v) is 13.8. The fourth-order valence-corrected chi connectivity index (χ4v) is 3.12. The molecule has 0 aliphatic heterocycles. The number of hydrogen-bond acceptors (Lipinski definition) is 4. The van der Waals surface area contributed by atoms with E-state index in [2.05, 4.69) is 0 Å². The zero-order valence-electron chi connectivity index (χ0n) is 13.0. The maximum atomic E-state index is 12.2. The molecule has 5 nitrogen and oxygen atoms in total. The highest BCUT2D eigenvalue weighted by molar-refractivity contribution is 7.91. The normalized spacial score (nSPS) is 12.8. The van der Waals surface area contributed by atoms with Crippen molar-refractivity contribution in [1.82, 2.24) is 4.90 Å². The monoisotopic (exact) mass is 313 g/mol. The van der Waals surface area contributed by atoms with Crippen LogP contribution in [0.1, 0.15) is 19.4 Å². The predicted octanol–water partition coefficient (Wildman–Crippen LogP) is 1.52. The van der Waals surface area contributed by atoms with Crippen LogP contribution in [0.25, 0.3) is 0 Å². The second-order valence-electron chi connectivity index (χ2n) is 5.08. The van der Waals surface area contributed by atoms with Gasteiger partial charge in [0.1, 0.15) is 5.75 Å². The molecule has 0 aromatic heterocycles. The highest BCUT2D eigenvalue weighted by Crippen LogP contribution is 2.14. The SMILES string of the molecule is CCS(=O)(=O)C[C@H](C)N(C)C(=O)Cc1cccc(OC)c1. The van der Waals surface area contributed by atoms with Crippen molar-refractivity contribution in [1.29, 1.82) is 0 Å². The quantitative estimate of drug-likeness (QED) is 0.765. The highest BCUT2D eigenvalue weighted by Gasteiger charge is 2.21. The summed E-state index contributed by atoms with van der Waals surface area (Å²) in [6.45, 7) is 3.36. The Morgan fingerprint density at radius 2 is 2.05 bits per heavy atom. The smallest absolute Gasteiger partial charge is 0.227 e. The van der Waals surface area contributed by atoms with Crippen LogP contribution in [0.4, 0.5) is 0 Å². The zero-order chi connectivity index (χ0) is 16.0. The molecular formula is C15H23NO4S. The van der Waals surface area contributed by atoms with Crippen molar-refractivity contribution in [2.75, 3.05) is 25.7 Å². The standard InChI is InChI=1S/C15H23NO4S/c1-5-21(18,19)11-12(2)16(3)15(17)10-13-7-6-8-14(9-13)20-4/h6-9,12H,5,10-11H2,1-4H3/t12-/m0/s1. The van der Waals surface area contributed by atoms with Crippen molar-refractivity contribution in [3.05, 3.63) is 29.8 Å². The number of rotatable bonds is 7. The lowest BCUT2D eigenvalue weighted by atomic mass is 10.1. The molecule has 1 aromatic rings. The first-order valence-electron chi connectivity index (χ1n) is 6.88. The van der Waals surface area contributed by atoms with Crippen molar-refractivity contribution in [2.24, 2.45) is 0 Å². The average molecular weight is 313 g/mol. The van der Waals surface area contributed by atoms with Gasteiger partial charge >= 0.3 is 0 Å². The second-order valence-corrected chi connectivity index (χ2v) is 7.48. The van der Waals surface area contributed by atoms with Gasteiger partial charge in [0.05, 0.1) is 19.3 Å². The Morgan fingerprint density at radius 3 is 2.62 bits per heavy atom. The fraction of sp³-hybridized carbons (Fsp3) is 0.533. The first kappa shape index (κ1) is 17.5. The van der Waals surface area contributed by atoms with Crippen molar-refractivity contribution in [3.8, 4) is 5.75 Å². The summed E-state index contributed by atoms with van der Waals surface area (Å²) in [5, 5.41) is 0. The van der Waals surface area contributed by atoms with Gasteiger partial charge in [-0.05, 0) is 24.6 Å². The summed E-state index contributed by atoms with van der Waals surface area (Å²) in [4.78, 5) is 13.7. The van der Waals surface area contributed by atoms with E-state index in [-0.39, 0.29) is 29.9 Å². The van der Waals surface area contributed by atoms with Gasteiger partial charge in [0.2, 0.25) is 5.91 Å². The summed E-state index contributed by atoms with van der Waals surface area (Å²) in [5.41, 5.74) is 0.844. The minimum Gasteiger partial charge on any atom is -0.497 e. The number of likely N-dealkylation sites (N-methyl/N-ethyl adjacent to an activating group) is 1. The number of carbonyl (C=O) groups excluding carboxylic acids is 1. The van der Waals surface area contributed by atoms with Crippen LogP contribution in [-0.2, 0) is 21.1 Å². The van der Waals surface area contributed by atoms with E-state index in [0.717, 1.165) is 5.56 Å². The Kier molecular flexibility index (Phi) is 6.20. The molecule has 0 bridgehead atoms. The summed E-state index contributed by atoms with van der Waals surface area (Å²) in [7, 11) is 0.117. The number of benzene rings is 1. The van der Waals surface area contributed by atoms with E-state index in [1.807, 2.05) is 18.2 Å². The number of ether oxygens (including phenoxy) is 1. The van der Waals surface area contributed by atoms with Crippen LogP contribution in [0.15, 0.2) is 24.3 Å². The molecule has 1 aromatic carbocycles. The number of nitrogens with zero attached hydrogens (tertiary/aromatic N) is 1. The van der Waals surface area contributed by atoms with E-state index in [9.17, 15) is 13.2 Å². The van der Waals surface area contributed by atoms with E-state index in [4.69, 9.17) is 4.74 Å². The molecule has 0 spiro atoms. The molecule has 0 saturated heterocycles. The van der Waals surface area contributed by atoms with E-state index in [1.54, 1.807) is 34.1 Å². The minimum absolute atomic E-state index is 0.0101. The number of methoxy groups -OCH3 is 1. The van der Waals surface area contributed by atoms with E-state index in [0.29, 0.717) is 5.75 Å². The number of amides is 1. The van der Waals surface area contributed by atoms with Gasteiger partial charge in [0.25, 0.3) is 0 Å². The van der Waals surface area contributed by atoms with Gasteiger partial charge in [-0.25, -0.2) is 8.42 Å². The number of hydrogen-bond donors (Lipinski definition) is 0. The second kappa shape index (κ2) is 7.45. The van der Waals surface area contributed by atoms with Crippen molar-refractivity contribution in [3.63, 3.8) is 0 Å². The van der Waals surface area contributed by atoms with Crippen LogP contribution in [-0.4, -0.2) is 50.9 Å². The summed E-state index contributed by atoms with van der Waals surface area (Å²) in [5.74, 6) is 0.672. The van der Waals surface area contributed by atoms with Crippen molar-refractivity contribution in [2.45, 2.75) is 26.3 Å². The summed E-state index contributed by atoms with van der Waals surface area (Å²) < 4.78 is 28.4. The van der Waals surface area contributed by atoms with Crippen molar-refractivity contribution < 1.29 is 17.9 Å². The molecule has 0 saturated carbocycles. The lowest BCUT2D eigenvalue weighted by Gasteiger charge is -2.24. The Balaban J connectivity index is 2.69. The van der Waals surface area contributed by atoms with Crippen LogP contribution < -0.4 is 4.74 Å². The summed E-state index contributed by atoms with van der Waals surface area (Å²) in [6.07, 6.45) is 0.226. The van der Waals surface area contributed by atoms with Gasteiger partial charge in [-0.15, -0.1) is 0 Å². The van der Waals surface area contributed by atoms with Gasteiger partial charge < -0.3 is 9.64 Å². The van der Waals surface area contributed by atoms with E-state index < -0.39 is 9.84 Å². The minimum atomic E-state index is -3.09. The predicted molar refractivity (Wildman–Crippen MR) is 83.3 cm³/mol. The molecule has 1 amide bonds. The molecule has 1 rings (SSSR count). The van der Waals surface area contributed by atoms with Gasteiger partial charge in [-0.2, -0.15) is 0 Å². The Morgan fingerprint density at radius 1 is 1.38 bits per heavy atom. The summed E-state index contributed by atoms with van der Waals surface area (Å²) >= 11 is 0. The molecule has 0 fully saturated rings. The van der Waals surface area contributed by atoms with Crippen LogP contribution >= 0.6 is 0 Å². The molecule has 1 atom stereocenters. The Labute approximate surface area is 126 Å². The molecule has 0 aliphatic rings. The van der Waals surface area contributed by atoms with Crippen LogP contribution in [0.3, 0.4) is 0 Å². The molecular weight excluding hydrogens is 290 g/mol. The molecule has 0 radical (unpaired) electrons. The largest absolute Gasteiger partial charge is 0.497 e. The summed E-state index contributed by atoms with van der Waals surface area (Å²) in [6, 6.07) is 6.95.